The lowest BCUT2D eigenvalue weighted by molar-refractivity contribution is 0.134. The molecule has 0 saturated carbocycles. The van der Waals surface area contributed by atoms with Crippen molar-refractivity contribution >= 4 is 22.2 Å². The quantitative estimate of drug-likeness (QED) is 0.710. The van der Waals surface area contributed by atoms with Gasteiger partial charge in [0.2, 0.25) is 0 Å². The van der Waals surface area contributed by atoms with Crippen molar-refractivity contribution in [1.29, 1.82) is 0 Å². The van der Waals surface area contributed by atoms with Crippen LogP contribution in [0.1, 0.15) is 29.3 Å². The second kappa shape index (κ2) is 6.67. The SMILES string of the molecule is CCOc1ccnc(C[S+]([O-])c2nc3cc4c(cc3[nH]2)COC4)c1C. The van der Waals surface area contributed by atoms with Gasteiger partial charge in [0.1, 0.15) is 5.75 Å². The summed E-state index contributed by atoms with van der Waals surface area (Å²) in [5, 5.41) is 0.475. The zero-order chi connectivity index (χ0) is 17.4. The van der Waals surface area contributed by atoms with E-state index in [1.165, 1.54) is 0 Å². The van der Waals surface area contributed by atoms with Gasteiger partial charge in [-0.25, -0.2) is 0 Å². The van der Waals surface area contributed by atoms with Crippen molar-refractivity contribution in [2.24, 2.45) is 0 Å². The summed E-state index contributed by atoms with van der Waals surface area (Å²) in [7, 11) is 0. The first-order chi connectivity index (χ1) is 12.2. The van der Waals surface area contributed by atoms with Crippen molar-refractivity contribution in [1.82, 2.24) is 15.0 Å². The molecule has 6 nitrogen and oxygen atoms in total. The number of hydrogen-bond acceptors (Lipinski definition) is 5. The molecule has 0 spiro atoms. The van der Waals surface area contributed by atoms with E-state index in [9.17, 15) is 4.55 Å². The minimum atomic E-state index is -1.30. The average Bonchev–Trinajstić information content (AvgIpc) is 3.22. The number of nitrogens with zero attached hydrogens (tertiary/aromatic N) is 2. The molecular formula is C18H19N3O3S. The molecular weight excluding hydrogens is 338 g/mol. The maximum atomic E-state index is 12.8. The first-order valence-corrected chi connectivity index (χ1v) is 9.52. The number of benzene rings is 1. The Morgan fingerprint density at radius 3 is 2.92 bits per heavy atom. The number of rotatable bonds is 5. The molecule has 7 heteroatoms. The molecule has 3 aromatic rings. The number of pyridine rings is 1. The van der Waals surface area contributed by atoms with Crippen LogP contribution in [-0.4, -0.2) is 26.1 Å². The van der Waals surface area contributed by atoms with E-state index in [4.69, 9.17) is 9.47 Å². The van der Waals surface area contributed by atoms with Crippen LogP contribution in [0.25, 0.3) is 11.0 Å². The Labute approximate surface area is 148 Å². The fraction of sp³-hybridized carbons (Fsp3) is 0.333. The number of aromatic amines is 1. The summed E-state index contributed by atoms with van der Waals surface area (Å²) >= 11 is -1.30. The second-order valence-corrected chi connectivity index (χ2v) is 7.34. The van der Waals surface area contributed by atoms with Crippen LogP contribution >= 0.6 is 0 Å². The van der Waals surface area contributed by atoms with Crippen molar-refractivity contribution in [2.75, 3.05) is 6.61 Å². The third-order valence-corrected chi connectivity index (χ3v) is 5.50. The van der Waals surface area contributed by atoms with Crippen molar-refractivity contribution in [2.45, 2.75) is 38.0 Å². The number of hydrogen-bond donors (Lipinski definition) is 1. The topological polar surface area (TPSA) is 83.1 Å². The molecule has 1 atom stereocenters. The summed E-state index contributed by atoms with van der Waals surface area (Å²) in [6, 6.07) is 5.87. The van der Waals surface area contributed by atoms with Gasteiger partial charge in [-0.1, -0.05) is 0 Å². The van der Waals surface area contributed by atoms with Crippen LogP contribution in [-0.2, 0) is 34.9 Å². The van der Waals surface area contributed by atoms with Crippen LogP contribution < -0.4 is 4.74 Å². The standard InChI is InChI=1S/C18H19N3O3S/c1-3-24-17-4-5-19-16(11(17)2)10-25(22)18-20-14-6-12-8-23-9-13(12)7-15(14)21-18/h4-7H,3,8-10H2,1-2H3,(H,20,21). The maximum absolute atomic E-state index is 12.8. The molecule has 1 aromatic carbocycles. The van der Waals surface area contributed by atoms with Crippen LogP contribution in [0.15, 0.2) is 29.6 Å². The predicted octanol–water partition coefficient (Wildman–Crippen LogP) is 3.00. The minimum absolute atomic E-state index is 0.301. The Hall–Kier alpha value is -2.09. The summed E-state index contributed by atoms with van der Waals surface area (Å²) in [6.07, 6.45) is 1.69. The third kappa shape index (κ3) is 3.10. The Kier molecular flexibility index (Phi) is 4.37. The van der Waals surface area contributed by atoms with Gasteiger partial charge in [-0.3, -0.25) is 9.97 Å². The molecule has 1 aliphatic heterocycles. The molecule has 0 saturated heterocycles. The highest BCUT2D eigenvalue weighted by atomic mass is 32.2. The summed E-state index contributed by atoms with van der Waals surface area (Å²) < 4.78 is 23.8. The van der Waals surface area contributed by atoms with E-state index >= 15 is 0 Å². The number of nitrogens with one attached hydrogen (secondary N) is 1. The summed E-state index contributed by atoms with van der Waals surface area (Å²) in [6.45, 7) is 5.70. The molecule has 0 amide bonds. The first kappa shape index (κ1) is 16.4. The molecule has 130 valence electrons. The van der Waals surface area contributed by atoms with Crippen LogP contribution in [0.3, 0.4) is 0 Å². The van der Waals surface area contributed by atoms with Gasteiger partial charge in [-0.05, 0) is 43.2 Å². The van der Waals surface area contributed by atoms with Gasteiger partial charge in [-0.2, -0.15) is 4.98 Å². The highest BCUT2D eigenvalue weighted by molar-refractivity contribution is 7.90. The number of H-pyrrole nitrogens is 1. The molecule has 1 aliphatic rings. The minimum Gasteiger partial charge on any atom is -0.609 e. The predicted molar refractivity (Wildman–Crippen MR) is 94.8 cm³/mol. The van der Waals surface area contributed by atoms with E-state index in [0.29, 0.717) is 30.7 Å². The molecule has 0 radical (unpaired) electrons. The van der Waals surface area contributed by atoms with Crippen LogP contribution in [0.5, 0.6) is 5.75 Å². The third-order valence-electron chi connectivity index (χ3n) is 4.34. The Bertz CT molecular complexity index is 884. The monoisotopic (exact) mass is 357 g/mol. The number of ether oxygens (including phenoxy) is 2. The normalized spacial score (nSPS) is 14.7. The van der Waals surface area contributed by atoms with Gasteiger partial charge in [0.05, 0.1) is 36.5 Å². The van der Waals surface area contributed by atoms with Crippen molar-refractivity contribution < 1.29 is 14.0 Å². The fourth-order valence-corrected chi connectivity index (χ4v) is 4.08. The van der Waals surface area contributed by atoms with E-state index in [1.54, 1.807) is 6.20 Å². The van der Waals surface area contributed by atoms with Gasteiger partial charge in [-0.15, -0.1) is 0 Å². The Morgan fingerprint density at radius 2 is 2.12 bits per heavy atom. The molecule has 0 aliphatic carbocycles. The van der Waals surface area contributed by atoms with E-state index in [-0.39, 0.29) is 0 Å². The van der Waals surface area contributed by atoms with E-state index in [0.717, 1.165) is 39.2 Å². The lowest BCUT2D eigenvalue weighted by atomic mass is 10.1. The molecule has 3 heterocycles. The zero-order valence-corrected chi connectivity index (χ0v) is 15.0. The van der Waals surface area contributed by atoms with Gasteiger partial charge in [0, 0.05) is 22.9 Å². The lowest BCUT2D eigenvalue weighted by Crippen LogP contribution is -2.10. The largest absolute Gasteiger partial charge is 0.609 e. The van der Waals surface area contributed by atoms with Gasteiger partial charge in [0.25, 0.3) is 0 Å². The highest BCUT2D eigenvalue weighted by Crippen LogP contribution is 2.27. The van der Waals surface area contributed by atoms with Crippen LogP contribution in [0.4, 0.5) is 0 Å². The average molecular weight is 357 g/mol. The van der Waals surface area contributed by atoms with Gasteiger partial charge < -0.3 is 14.0 Å². The number of imidazole rings is 1. The molecule has 1 N–H and O–H groups in total. The maximum Gasteiger partial charge on any atom is 0.322 e. The van der Waals surface area contributed by atoms with Crippen LogP contribution in [0.2, 0.25) is 0 Å². The number of aromatic nitrogens is 3. The Morgan fingerprint density at radius 1 is 1.32 bits per heavy atom. The van der Waals surface area contributed by atoms with Gasteiger partial charge in [0.15, 0.2) is 5.75 Å². The van der Waals surface area contributed by atoms with E-state index in [2.05, 4.69) is 15.0 Å². The molecule has 0 bridgehead atoms. The first-order valence-electron chi connectivity index (χ1n) is 8.20. The molecule has 25 heavy (non-hydrogen) atoms. The smallest absolute Gasteiger partial charge is 0.322 e. The van der Waals surface area contributed by atoms with E-state index in [1.807, 2.05) is 32.0 Å². The molecule has 1 unspecified atom stereocenters. The second-order valence-electron chi connectivity index (χ2n) is 5.98. The van der Waals surface area contributed by atoms with Gasteiger partial charge >= 0.3 is 5.16 Å². The zero-order valence-electron chi connectivity index (χ0n) is 14.2. The summed E-state index contributed by atoms with van der Waals surface area (Å²) in [5.74, 6) is 1.08. The molecule has 4 rings (SSSR count). The van der Waals surface area contributed by atoms with Crippen molar-refractivity contribution in [3.63, 3.8) is 0 Å². The van der Waals surface area contributed by atoms with Crippen molar-refractivity contribution in [3.05, 3.63) is 46.8 Å². The van der Waals surface area contributed by atoms with E-state index < -0.39 is 11.2 Å². The Balaban J connectivity index is 1.60. The van der Waals surface area contributed by atoms with Crippen LogP contribution in [0, 0.1) is 6.92 Å². The molecule has 2 aromatic heterocycles. The summed E-state index contributed by atoms with van der Waals surface area (Å²) in [4.78, 5) is 12.0. The fourth-order valence-electron chi connectivity index (χ4n) is 2.98. The van der Waals surface area contributed by atoms with Crippen molar-refractivity contribution in [3.8, 4) is 5.75 Å². The highest BCUT2D eigenvalue weighted by Gasteiger charge is 2.22. The summed E-state index contributed by atoms with van der Waals surface area (Å²) in [5.41, 5.74) is 5.71. The molecule has 0 fully saturated rings. The number of fused-ring (bicyclic) bond motifs is 2. The lowest BCUT2D eigenvalue weighted by Gasteiger charge is -2.11.